The largest absolute Gasteiger partial charge is 0.394 e. The fourth-order valence-electron chi connectivity index (χ4n) is 15.9. The summed E-state index contributed by atoms with van der Waals surface area (Å²) in [7, 11) is 6.35. The van der Waals surface area contributed by atoms with Crippen molar-refractivity contribution >= 4 is 35.2 Å². The Hall–Kier alpha value is -3.66. The van der Waals surface area contributed by atoms with E-state index in [0.717, 1.165) is 64.2 Å². The number of carbonyl (C=O) groups excluding carboxylic acids is 6. The van der Waals surface area contributed by atoms with Crippen molar-refractivity contribution in [2.75, 3.05) is 74.4 Å². The zero-order valence-corrected chi connectivity index (χ0v) is 61.8. The van der Waals surface area contributed by atoms with Crippen molar-refractivity contribution in [1.82, 2.24) is 20.4 Å². The average molecular weight is 1490 g/mol. The number of Topliss-reactive ketones (excluding diaryl/α,β-unsaturated/α-hetero) is 2. The summed E-state index contributed by atoms with van der Waals surface area (Å²) < 4.78 is 74.8. The minimum Gasteiger partial charge on any atom is -0.394 e. The highest BCUT2D eigenvalue weighted by atomic mass is 16.7. The highest BCUT2D eigenvalue weighted by Gasteiger charge is 2.55. The van der Waals surface area contributed by atoms with E-state index >= 15 is 0 Å². The van der Waals surface area contributed by atoms with Crippen LogP contribution >= 0.6 is 0 Å². The molecule has 0 radical (unpaired) electrons. The number of hydrogen-bond acceptors (Lipinski definition) is 28. The lowest BCUT2D eigenvalue weighted by molar-refractivity contribution is -0.342. The van der Waals surface area contributed by atoms with Gasteiger partial charge in [-0.25, -0.2) is 0 Å². The number of aliphatic hydroxyl groups is 10. The van der Waals surface area contributed by atoms with Gasteiger partial charge >= 0.3 is 0 Å². The Labute approximate surface area is 609 Å². The molecular formula is C72H122N4O28. The number of amides is 4. The van der Waals surface area contributed by atoms with E-state index in [0.29, 0.717) is 51.4 Å². The lowest BCUT2D eigenvalue weighted by Gasteiger charge is -2.48. The number of ketones is 2. The third-order valence-corrected chi connectivity index (χ3v) is 22.2. The number of nitrogens with zero attached hydrogens (tertiary/aromatic N) is 2. The van der Waals surface area contributed by atoms with E-state index in [2.05, 4.69) is 10.6 Å². The molecule has 8 rings (SSSR count). The van der Waals surface area contributed by atoms with Crippen LogP contribution < -0.4 is 10.6 Å². The molecule has 104 heavy (non-hydrogen) atoms. The summed E-state index contributed by atoms with van der Waals surface area (Å²) in [6.07, 6.45) is -18.0. The fraction of sp³-hybridized carbons (Fsp3) is 0.917. The Bertz CT molecular complexity index is 2490. The molecule has 4 saturated carbocycles. The van der Waals surface area contributed by atoms with E-state index < -0.39 is 228 Å². The number of carbonyl (C=O) groups is 6. The minimum absolute atomic E-state index is 0.127. The molecule has 32 nitrogen and oxygen atoms in total. The van der Waals surface area contributed by atoms with Crippen molar-refractivity contribution in [2.24, 2.45) is 29.6 Å². The van der Waals surface area contributed by atoms with Gasteiger partial charge in [0, 0.05) is 53.4 Å². The predicted octanol–water partition coefficient (Wildman–Crippen LogP) is -0.838. The standard InChI is InChI=1S/C72H122N4O28/c1-37-17-15-23-46(63(37)103-71-61(89)59(87)55(83)39(3)95-71)99-69-45(65(57(85)50(33-77)101-69)97-48(67(91)75(5)6)29-41-19-11-9-12-20-41)31-44(80)32-73-53(82)36-94-28-27-93-35-43(79)25-26-52(81)74-54-66(98-49(68(92)76(7)8)30-42-21-13-10-14-22-42)58(86)51(34-78)102-70(54)100-47-24-16-18-38(2)64(47)104-72-62(90)60(88)56(84)40(4)96-72/h37-42,45-51,54-66,69-72,77-78,83-90H,9-36H2,1-8H3,(H,73,82)(H,74,81)/t37-,38-,39-,40-,45+,46+,47+,48-,49-,50+,51+,54+,55+,56+,57-,58-,59+,60+,61-,62-,63+,64+,65+,66+,69+,70+,71-,72-/m0/s1. The van der Waals surface area contributed by atoms with Crippen LogP contribution in [-0.2, 0) is 85.6 Å². The van der Waals surface area contributed by atoms with Crippen LogP contribution in [0.25, 0.3) is 0 Å². The van der Waals surface area contributed by atoms with Crippen LogP contribution in [0.3, 0.4) is 0 Å². The maximum absolute atomic E-state index is 14.2. The molecule has 12 N–H and O–H groups in total. The van der Waals surface area contributed by atoms with Crippen LogP contribution in [0.1, 0.15) is 163 Å². The lowest BCUT2D eigenvalue weighted by Crippen LogP contribution is -2.67. The molecule has 0 aromatic rings. The predicted molar refractivity (Wildman–Crippen MR) is 365 cm³/mol. The summed E-state index contributed by atoms with van der Waals surface area (Å²) in [5.41, 5.74) is 0. The van der Waals surface area contributed by atoms with Gasteiger partial charge in [0.2, 0.25) is 11.8 Å². The van der Waals surface area contributed by atoms with Gasteiger partial charge in [-0.1, -0.05) is 90.9 Å². The van der Waals surface area contributed by atoms with Gasteiger partial charge in [-0.05, 0) is 76.0 Å². The molecule has 0 unspecified atom stereocenters. The van der Waals surface area contributed by atoms with Crippen molar-refractivity contribution < 1.29 is 137 Å². The second-order valence-corrected chi connectivity index (χ2v) is 30.7. The summed E-state index contributed by atoms with van der Waals surface area (Å²) in [5.74, 6) is -4.48. The normalized spacial score (nSPS) is 38.2. The van der Waals surface area contributed by atoms with Gasteiger partial charge in [-0.15, -0.1) is 0 Å². The third kappa shape index (κ3) is 23.4. The molecule has 8 aliphatic rings. The molecule has 4 aliphatic carbocycles. The Morgan fingerprint density at radius 3 is 1.38 bits per heavy atom. The molecular weight excluding hydrogens is 1370 g/mol. The van der Waals surface area contributed by atoms with Gasteiger partial charge in [0.25, 0.3) is 11.8 Å². The maximum atomic E-state index is 14.2. The number of aliphatic hydroxyl groups excluding tert-OH is 10. The fourth-order valence-corrected chi connectivity index (χ4v) is 15.9. The molecule has 4 amide bonds. The number of nitrogens with one attached hydrogen (secondary N) is 2. The Kier molecular flexibility index (Phi) is 34.2. The van der Waals surface area contributed by atoms with Gasteiger partial charge in [0.1, 0.15) is 98.6 Å². The Balaban J connectivity index is 0.870. The topological polar surface area (TPSA) is 446 Å². The van der Waals surface area contributed by atoms with Crippen LogP contribution in [0.5, 0.6) is 0 Å². The van der Waals surface area contributed by atoms with E-state index in [1.54, 1.807) is 28.2 Å². The van der Waals surface area contributed by atoms with E-state index in [1.165, 1.54) is 23.6 Å². The van der Waals surface area contributed by atoms with Crippen LogP contribution in [0, 0.1) is 29.6 Å². The monoisotopic (exact) mass is 1490 g/mol. The molecule has 32 heteroatoms. The first-order chi connectivity index (χ1) is 49.6. The van der Waals surface area contributed by atoms with Crippen molar-refractivity contribution in [2.45, 2.75) is 316 Å². The van der Waals surface area contributed by atoms with Gasteiger partial charge in [-0.2, -0.15) is 0 Å². The molecule has 0 aromatic carbocycles. The summed E-state index contributed by atoms with van der Waals surface area (Å²) in [5, 5.41) is 115. The van der Waals surface area contributed by atoms with Gasteiger partial charge in [0.05, 0.1) is 75.7 Å². The molecule has 598 valence electrons. The molecule has 4 aliphatic heterocycles. The second-order valence-electron chi connectivity index (χ2n) is 30.7. The van der Waals surface area contributed by atoms with Crippen molar-refractivity contribution in [3.63, 3.8) is 0 Å². The first kappa shape index (κ1) is 85.9. The van der Waals surface area contributed by atoms with E-state index in [9.17, 15) is 79.8 Å². The second kappa shape index (κ2) is 41.4. The van der Waals surface area contributed by atoms with Crippen LogP contribution in [-0.4, -0.2) is 324 Å². The summed E-state index contributed by atoms with van der Waals surface area (Å²) in [6.45, 7) is 3.61. The highest BCUT2D eigenvalue weighted by Crippen LogP contribution is 2.42. The van der Waals surface area contributed by atoms with Gasteiger partial charge in [0.15, 0.2) is 36.7 Å². The maximum Gasteiger partial charge on any atom is 0.251 e. The van der Waals surface area contributed by atoms with Crippen LogP contribution in [0.15, 0.2) is 0 Å². The van der Waals surface area contributed by atoms with Gasteiger partial charge < -0.3 is 128 Å². The molecule has 8 fully saturated rings. The zero-order chi connectivity index (χ0) is 75.6. The summed E-state index contributed by atoms with van der Waals surface area (Å²) >= 11 is 0. The first-order valence-corrected chi connectivity index (χ1v) is 38.0. The van der Waals surface area contributed by atoms with Crippen molar-refractivity contribution in [3.8, 4) is 0 Å². The number of rotatable bonds is 35. The number of hydrogen-bond donors (Lipinski definition) is 12. The molecule has 28 atom stereocenters. The molecule has 0 bridgehead atoms. The Morgan fingerprint density at radius 1 is 0.452 bits per heavy atom. The lowest BCUT2D eigenvalue weighted by atomic mass is 9.83. The van der Waals surface area contributed by atoms with Crippen molar-refractivity contribution in [3.05, 3.63) is 0 Å². The molecule has 4 saturated heterocycles. The smallest absolute Gasteiger partial charge is 0.251 e. The van der Waals surface area contributed by atoms with Crippen LogP contribution in [0.2, 0.25) is 0 Å². The molecule has 4 heterocycles. The Morgan fingerprint density at radius 2 is 0.904 bits per heavy atom. The highest BCUT2D eigenvalue weighted by molar-refractivity contribution is 5.87. The van der Waals surface area contributed by atoms with E-state index in [4.69, 9.17) is 56.8 Å². The minimum atomic E-state index is -1.62. The summed E-state index contributed by atoms with van der Waals surface area (Å²) in [4.78, 5) is 85.5. The van der Waals surface area contributed by atoms with Crippen molar-refractivity contribution in [1.29, 1.82) is 0 Å². The summed E-state index contributed by atoms with van der Waals surface area (Å²) in [6, 6.07) is -1.35. The zero-order valence-electron chi connectivity index (χ0n) is 61.8. The number of likely N-dealkylation sites (N-methyl/N-ethyl adjacent to an activating group) is 2. The quantitative estimate of drug-likeness (QED) is 0.0344. The first-order valence-electron chi connectivity index (χ1n) is 38.0. The molecule has 0 spiro atoms. The average Bonchev–Trinajstić information content (AvgIpc) is 0.780. The van der Waals surface area contributed by atoms with Gasteiger partial charge in [-0.3, -0.25) is 28.8 Å². The molecule has 0 aromatic heterocycles. The number of ether oxygens (including phenoxy) is 12. The van der Waals surface area contributed by atoms with E-state index in [-0.39, 0.29) is 55.1 Å². The van der Waals surface area contributed by atoms with Crippen LogP contribution in [0.4, 0.5) is 0 Å². The third-order valence-electron chi connectivity index (χ3n) is 22.2. The SMILES string of the molecule is C[C@@H]1O[C@@H](O[C@@H]2[C@@H](C)CCC[C@H]2O[C@@H]2O[C@H](CO)[C@H](O)[C@H](O[C@@H](CC3CCCCC3)C(=O)N(C)C)[C@H]2CC(=O)CNC(=O)COCCOCC(=O)CCC(=O)N[C@H]2[C@H](O[C@@H]3CCC[C@H](C)[C@H]3O[C@@H]3O[C@@H](C)[C@@H](O)[C@@H](O)[C@@H]3O)O[C@H](CO)[C@H](O)[C@@H]2O[C@@H](CC2CCCCC2)C(=O)N(C)C)[C@@H](O)[C@H](O)[C@@H]1O. The van der Waals surface area contributed by atoms with E-state index in [1.807, 2.05) is 13.8 Å².